The number of benzene rings is 1. The standard InChI is InChI=1S/C21H25ClN2O6/c1-11-16(10-24(17(11)19(25)26)20(27)30-21(2,3)4)29-18-14-8-12(22)6-7-13(14)15(28-5)9-23-18/h6-9,11,16-17H,10H2,1-5H3,(H,25,26)/t11-,16+,17+/m1/s1. The van der Waals surface area contributed by atoms with Crippen LogP contribution < -0.4 is 9.47 Å². The number of carbonyl (C=O) groups is 2. The van der Waals surface area contributed by atoms with Crippen LogP contribution in [0.5, 0.6) is 11.6 Å². The van der Waals surface area contributed by atoms with E-state index in [0.717, 1.165) is 5.39 Å². The molecular formula is C21H25ClN2O6. The van der Waals surface area contributed by atoms with Gasteiger partial charge in [0.1, 0.15) is 23.5 Å². The molecule has 1 aromatic heterocycles. The van der Waals surface area contributed by atoms with Crippen LogP contribution >= 0.6 is 11.6 Å². The summed E-state index contributed by atoms with van der Waals surface area (Å²) in [6.45, 7) is 6.97. The fourth-order valence-corrected chi connectivity index (χ4v) is 3.71. The van der Waals surface area contributed by atoms with Crippen LogP contribution in [0.2, 0.25) is 5.02 Å². The largest absolute Gasteiger partial charge is 0.494 e. The number of aromatic nitrogens is 1. The number of likely N-dealkylation sites (tertiary alicyclic amines) is 1. The number of amides is 1. The van der Waals surface area contributed by atoms with Gasteiger partial charge in [-0.15, -0.1) is 0 Å². The first-order chi connectivity index (χ1) is 14.0. The molecule has 162 valence electrons. The Bertz CT molecular complexity index is 974. The number of methoxy groups -OCH3 is 1. The lowest BCUT2D eigenvalue weighted by molar-refractivity contribution is -0.143. The Labute approximate surface area is 179 Å². The first-order valence-electron chi connectivity index (χ1n) is 9.53. The van der Waals surface area contributed by atoms with Crippen LogP contribution in [-0.2, 0) is 9.53 Å². The Balaban J connectivity index is 1.92. The number of fused-ring (bicyclic) bond motifs is 1. The van der Waals surface area contributed by atoms with Gasteiger partial charge in [0.2, 0.25) is 5.88 Å². The minimum Gasteiger partial charge on any atom is -0.494 e. The van der Waals surface area contributed by atoms with Crippen LogP contribution in [0.4, 0.5) is 4.79 Å². The molecule has 1 aliphatic heterocycles. The van der Waals surface area contributed by atoms with Crippen molar-refractivity contribution >= 4 is 34.4 Å². The Hall–Kier alpha value is -2.74. The van der Waals surface area contributed by atoms with E-state index in [1.165, 1.54) is 11.1 Å². The molecule has 8 nitrogen and oxygen atoms in total. The quantitative estimate of drug-likeness (QED) is 0.773. The SMILES string of the molecule is COc1cnc(O[C@H]2CN(C(=O)OC(C)(C)C)[C@H](C(=O)O)[C@@H]2C)c2cc(Cl)ccc12. The summed E-state index contributed by atoms with van der Waals surface area (Å²) >= 11 is 6.15. The van der Waals surface area contributed by atoms with Gasteiger partial charge in [0, 0.05) is 21.7 Å². The zero-order valence-electron chi connectivity index (χ0n) is 17.5. The highest BCUT2D eigenvalue weighted by atomic mass is 35.5. The Kier molecular flexibility index (Phi) is 5.99. The molecule has 2 aromatic rings. The van der Waals surface area contributed by atoms with E-state index in [-0.39, 0.29) is 6.54 Å². The van der Waals surface area contributed by atoms with E-state index < -0.39 is 35.7 Å². The maximum Gasteiger partial charge on any atom is 0.411 e. The van der Waals surface area contributed by atoms with Crippen molar-refractivity contribution in [2.24, 2.45) is 5.92 Å². The Morgan fingerprint density at radius 1 is 1.27 bits per heavy atom. The third kappa shape index (κ3) is 4.38. The van der Waals surface area contributed by atoms with Crippen molar-refractivity contribution in [3.8, 4) is 11.6 Å². The third-order valence-corrected chi connectivity index (χ3v) is 5.17. The van der Waals surface area contributed by atoms with Crippen molar-refractivity contribution in [1.82, 2.24) is 9.88 Å². The van der Waals surface area contributed by atoms with E-state index in [1.807, 2.05) is 0 Å². The molecule has 30 heavy (non-hydrogen) atoms. The second-order valence-corrected chi connectivity index (χ2v) is 8.69. The lowest BCUT2D eigenvalue weighted by Gasteiger charge is -2.27. The Morgan fingerprint density at radius 3 is 2.57 bits per heavy atom. The smallest absolute Gasteiger partial charge is 0.411 e. The first kappa shape index (κ1) is 22.0. The van der Waals surface area contributed by atoms with E-state index in [2.05, 4.69) is 4.98 Å². The average Bonchev–Trinajstić information content (AvgIpc) is 2.97. The molecule has 2 heterocycles. The molecule has 3 rings (SSSR count). The van der Waals surface area contributed by atoms with Gasteiger partial charge in [0.05, 0.1) is 19.9 Å². The van der Waals surface area contributed by atoms with Gasteiger partial charge in [-0.05, 0) is 39.0 Å². The van der Waals surface area contributed by atoms with Gasteiger partial charge in [-0.3, -0.25) is 4.90 Å². The fourth-order valence-electron chi connectivity index (χ4n) is 3.54. The van der Waals surface area contributed by atoms with Crippen LogP contribution in [0.3, 0.4) is 0 Å². The normalized spacial score (nSPS) is 21.5. The highest BCUT2D eigenvalue weighted by Gasteiger charge is 2.48. The molecule has 0 spiro atoms. The maximum absolute atomic E-state index is 12.6. The highest BCUT2D eigenvalue weighted by Crippen LogP contribution is 2.36. The molecule has 3 atom stereocenters. The number of ether oxygens (including phenoxy) is 3. The van der Waals surface area contributed by atoms with Crippen molar-refractivity contribution in [2.75, 3.05) is 13.7 Å². The molecule has 1 aliphatic rings. The van der Waals surface area contributed by atoms with E-state index in [9.17, 15) is 14.7 Å². The molecule has 1 aromatic carbocycles. The summed E-state index contributed by atoms with van der Waals surface area (Å²) in [6, 6.07) is 4.18. The number of aliphatic carboxylic acids is 1. The summed E-state index contributed by atoms with van der Waals surface area (Å²) in [6.07, 6.45) is 0.246. The number of halogens is 1. The molecule has 0 aliphatic carbocycles. The fraction of sp³-hybridized carbons (Fsp3) is 0.476. The number of hydrogen-bond acceptors (Lipinski definition) is 6. The predicted octanol–water partition coefficient (Wildman–Crippen LogP) is 3.98. The van der Waals surface area contributed by atoms with Crippen LogP contribution in [0.15, 0.2) is 24.4 Å². The number of nitrogens with zero attached hydrogens (tertiary/aromatic N) is 2. The minimum absolute atomic E-state index is 0.0583. The van der Waals surface area contributed by atoms with Crippen molar-refractivity contribution < 1.29 is 28.9 Å². The molecule has 0 bridgehead atoms. The summed E-state index contributed by atoms with van der Waals surface area (Å²) in [5, 5.41) is 11.6. The molecular weight excluding hydrogens is 412 g/mol. The minimum atomic E-state index is -1.12. The topological polar surface area (TPSA) is 98.2 Å². The second-order valence-electron chi connectivity index (χ2n) is 8.25. The number of hydrogen-bond donors (Lipinski definition) is 1. The molecule has 0 radical (unpaired) electrons. The Morgan fingerprint density at radius 2 is 1.97 bits per heavy atom. The average molecular weight is 437 g/mol. The van der Waals surface area contributed by atoms with Gasteiger partial charge >= 0.3 is 12.1 Å². The molecule has 1 amide bonds. The van der Waals surface area contributed by atoms with Crippen LogP contribution in [-0.4, -0.2) is 58.5 Å². The lowest BCUT2D eigenvalue weighted by Crippen LogP contribution is -2.45. The number of pyridine rings is 1. The second kappa shape index (κ2) is 8.18. The number of carbonyl (C=O) groups excluding carboxylic acids is 1. The number of rotatable bonds is 4. The van der Waals surface area contributed by atoms with E-state index in [0.29, 0.717) is 22.0 Å². The van der Waals surface area contributed by atoms with Crippen LogP contribution in [0, 0.1) is 5.92 Å². The van der Waals surface area contributed by atoms with Gasteiger partial charge in [-0.2, -0.15) is 0 Å². The number of carboxylic acids is 1. The molecule has 0 unspecified atom stereocenters. The van der Waals surface area contributed by atoms with Crippen molar-refractivity contribution in [1.29, 1.82) is 0 Å². The maximum atomic E-state index is 12.6. The van der Waals surface area contributed by atoms with Crippen molar-refractivity contribution in [3.63, 3.8) is 0 Å². The zero-order chi connectivity index (χ0) is 22.2. The van der Waals surface area contributed by atoms with E-state index in [1.54, 1.807) is 53.0 Å². The van der Waals surface area contributed by atoms with Crippen molar-refractivity contribution in [3.05, 3.63) is 29.4 Å². The van der Waals surface area contributed by atoms with E-state index >= 15 is 0 Å². The van der Waals surface area contributed by atoms with Crippen molar-refractivity contribution in [2.45, 2.75) is 45.4 Å². The molecule has 1 saturated heterocycles. The summed E-state index contributed by atoms with van der Waals surface area (Å²) < 4.78 is 16.8. The number of carboxylic acid groups (broad SMARTS) is 1. The van der Waals surface area contributed by atoms with Gasteiger partial charge in [0.15, 0.2) is 0 Å². The van der Waals surface area contributed by atoms with Gasteiger partial charge in [0.25, 0.3) is 0 Å². The summed E-state index contributed by atoms with van der Waals surface area (Å²) in [4.78, 5) is 30.0. The van der Waals surface area contributed by atoms with Gasteiger partial charge in [-0.1, -0.05) is 18.5 Å². The molecule has 1 N–H and O–H groups in total. The van der Waals surface area contributed by atoms with Crippen LogP contribution in [0.1, 0.15) is 27.7 Å². The molecule has 0 saturated carbocycles. The van der Waals surface area contributed by atoms with E-state index in [4.69, 9.17) is 25.8 Å². The highest BCUT2D eigenvalue weighted by molar-refractivity contribution is 6.31. The monoisotopic (exact) mass is 436 g/mol. The third-order valence-electron chi connectivity index (χ3n) is 4.94. The first-order valence-corrected chi connectivity index (χ1v) is 9.91. The zero-order valence-corrected chi connectivity index (χ0v) is 18.3. The molecule has 9 heteroatoms. The summed E-state index contributed by atoms with van der Waals surface area (Å²) in [5.74, 6) is -0.754. The van der Waals surface area contributed by atoms with Gasteiger partial charge < -0.3 is 19.3 Å². The van der Waals surface area contributed by atoms with Crippen LogP contribution in [0.25, 0.3) is 10.8 Å². The lowest BCUT2D eigenvalue weighted by atomic mass is 10.0. The van der Waals surface area contributed by atoms with Gasteiger partial charge in [-0.25, -0.2) is 14.6 Å². The molecule has 1 fully saturated rings. The summed E-state index contributed by atoms with van der Waals surface area (Å²) in [5.41, 5.74) is -0.743. The summed E-state index contributed by atoms with van der Waals surface area (Å²) in [7, 11) is 1.54. The predicted molar refractivity (Wildman–Crippen MR) is 111 cm³/mol.